The van der Waals surface area contributed by atoms with Crippen molar-refractivity contribution in [3.8, 4) is 0 Å². The molecule has 1 atom stereocenters. The van der Waals surface area contributed by atoms with Gasteiger partial charge in [0.05, 0.1) is 17.7 Å². The third-order valence-electron chi connectivity index (χ3n) is 2.59. The van der Waals surface area contributed by atoms with E-state index in [4.69, 9.17) is 5.73 Å². The van der Waals surface area contributed by atoms with E-state index < -0.39 is 0 Å². The topological polar surface area (TPSA) is 61.7 Å². The maximum Gasteiger partial charge on any atom is 0.0948 e. The van der Waals surface area contributed by atoms with E-state index in [0.29, 0.717) is 0 Å². The Morgan fingerprint density at radius 1 is 1.50 bits per heavy atom. The molecule has 0 saturated heterocycles. The number of nitrogens with two attached hydrogens (primary N) is 1. The van der Waals surface area contributed by atoms with Crippen molar-refractivity contribution < 1.29 is 0 Å². The van der Waals surface area contributed by atoms with E-state index in [-0.39, 0.29) is 6.04 Å². The highest BCUT2D eigenvalue weighted by atomic mass is 15.2. The van der Waals surface area contributed by atoms with E-state index in [1.165, 1.54) is 0 Å². The van der Waals surface area contributed by atoms with Crippen LogP contribution in [-0.2, 0) is 20.0 Å². The largest absolute Gasteiger partial charge is 0.333 e. The summed E-state index contributed by atoms with van der Waals surface area (Å²) in [5.74, 6) is 0. The molecule has 0 aliphatic carbocycles. The second-order valence-corrected chi connectivity index (χ2v) is 4.03. The molecule has 0 saturated carbocycles. The van der Waals surface area contributed by atoms with Crippen LogP contribution in [0, 0.1) is 0 Å². The minimum absolute atomic E-state index is 0.0197. The maximum absolute atomic E-state index is 5.85. The maximum atomic E-state index is 5.85. The zero-order valence-corrected chi connectivity index (χ0v) is 9.67. The van der Waals surface area contributed by atoms with Gasteiger partial charge in [0.25, 0.3) is 0 Å². The lowest BCUT2D eigenvalue weighted by Crippen LogP contribution is -2.13. The minimum atomic E-state index is 0.0197. The van der Waals surface area contributed by atoms with Crippen molar-refractivity contribution in [2.45, 2.75) is 25.9 Å². The Hall–Kier alpha value is -1.62. The van der Waals surface area contributed by atoms with Crippen molar-refractivity contribution in [1.82, 2.24) is 19.3 Å². The lowest BCUT2D eigenvalue weighted by Gasteiger charge is -2.09. The van der Waals surface area contributed by atoms with E-state index >= 15 is 0 Å². The Labute approximate surface area is 94.9 Å². The van der Waals surface area contributed by atoms with Gasteiger partial charge in [-0.25, -0.2) is 4.98 Å². The first-order chi connectivity index (χ1) is 7.66. The van der Waals surface area contributed by atoms with Gasteiger partial charge in [-0.2, -0.15) is 5.10 Å². The monoisotopic (exact) mass is 219 g/mol. The van der Waals surface area contributed by atoms with Crippen molar-refractivity contribution in [3.05, 3.63) is 36.2 Å². The average molecular weight is 219 g/mol. The lowest BCUT2D eigenvalue weighted by atomic mass is 10.2. The first-order valence-corrected chi connectivity index (χ1v) is 5.41. The third kappa shape index (κ3) is 2.30. The third-order valence-corrected chi connectivity index (χ3v) is 2.59. The number of hydrogen-bond acceptors (Lipinski definition) is 3. The standard InChI is InChI=1S/C11H17N5/c1-9(12)11-7-13-8-16(11)6-4-10-3-5-15(2)14-10/h3,5,7-9H,4,6,12H2,1-2H3. The van der Waals surface area contributed by atoms with Crippen molar-refractivity contribution in [2.24, 2.45) is 12.8 Å². The minimum Gasteiger partial charge on any atom is -0.333 e. The highest BCUT2D eigenvalue weighted by Gasteiger charge is 2.06. The molecule has 2 heterocycles. The molecule has 2 aromatic heterocycles. The van der Waals surface area contributed by atoms with Gasteiger partial charge in [-0.15, -0.1) is 0 Å². The zero-order chi connectivity index (χ0) is 11.5. The van der Waals surface area contributed by atoms with Gasteiger partial charge in [-0.1, -0.05) is 0 Å². The predicted octanol–water partition coefficient (Wildman–Crippen LogP) is 0.879. The molecule has 0 radical (unpaired) electrons. The molecule has 5 heteroatoms. The van der Waals surface area contributed by atoms with Gasteiger partial charge in [0.2, 0.25) is 0 Å². The lowest BCUT2D eigenvalue weighted by molar-refractivity contribution is 0.612. The Kier molecular flexibility index (Phi) is 3.05. The van der Waals surface area contributed by atoms with Crippen LogP contribution >= 0.6 is 0 Å². The molecule has 0 fully saturated rings. The van der Waals surface area contributed by atoms with Gasteiger partial charge in [-0.05, 0) is 13.0 Å². The van der Waals surface area contributed by atoms with Crippen LogP contribution in [0.4, 0.5) is 0 Å². The summed E-state index contributed by atoms with van der Waals surface area (Å²) >= 11 is 0. The van der Waals surface area contributed by atoms with E-state index in [1.54, 1.807) is 0 Å². The molecule has 86 valence electrons. The van der Waals surface area contributed by atoms with Gasteiger partial charge in [0.1, 0.15) is 0 Å². The van der Waals surface area contributed by atoms with Crippen LogP contribution in [0.2, 0.25) is 0 Å². The number of imidazole rings is 1. The summed E-state index contributed by atoms with van der Waals surface area (Å²) in [5.41, 5.74) is 8.01. The second-order valence-electron chi connectivity index (χ2n) is 4.03. The molecule has 16 heavy (non-hydrogen) atoms. The molecule has 2 N–H and O–H groups in total. The molecule has 0 bridgehead atoms. The number of aryl methyl sites for hydroxylation is 3. The average Bonchev–Trinajstić information content (AvgIpc) is 2.83. The summed E-state index contributed by atoms with van der Waals surface area (Å²) in [6.07, 6.45) is 6.50. The number of nitrogens with zero attached hydrogens (tertiary/aromatic N) is 4. The van der Waals surface area contributed by atoms with Gasteiger partial charge in [0, 0.05) is 38.4 Å². The van der Waals surface area contributed by atoms with E-state index in [1.807, 2.05) is 43.4 Å². The second kappa shape index (κ2) is 4.49. The Morgan fingerprint density at radius 3 is 2.94 bits per heavy atom. The predicted molar refractivity (Wildman–Crippen MR) is 61.7 cm³/mol. The van der Waals surface area contributed by atoms with Crippen LogP contribution in [0.3, 0.4) is 0 Å². The normalized spacial score (nSPS) is 12.9. The molecule has 1 unspecified atom stereocenters. The summed E-state index contributed by atoms with van der Waals surface area (Å²) in [6.45, 7) is 2.84. The van der Waals surface area contributed by atoms with Crippen LogP contribution in [0.25, 0.3) is 0 Å². The highest BCUT2D eigenvalue weighted by molar-refractivity contribution is 5.05. The smallest absolute Gasteiger partial charge is 0.0948 e. The molecular formula is C11H17N5. The SMILES string of the molecule is CC(N)c1cncn1CCc1ccn(C)n1. The number of hydrogen-bond donors (Lipinski definition) is 1. The van der Waals surface area contributed by atoms with Crippen LogP contribution < -0.4 is 5.73 Å². The zero-order valence-electron chi connectivity index (χ0n) is 9.67. The molecule has 2 aromatic rings. The molecular weight excluding hydrogens is 202 g/mol. The van der Waals surface area contributed by atoms with Crippen LogP contribution in [0.1, 0.15) is 24.4 Å². The highest BCUT2D eigenvalue weighted by Crippen LogP contribution is 2.09. The molecule has 0 amide bonds. The van der Waals surface area contributed by atoms with Gasteiger partial charge in [-0.3, -0.25) is 4.68 Å². The molecule has 5 nitrogen and oxygen atoms in total. The fraction of sp³-hybridized carbons (Fsp3) is 0.455. The molecule has 0 aromatic carbocycles. The summed E-state index contributed by atoms with van der Waals surface area (Å²) in [6, 6.07) is 2.05. The van der Waals surface area contributed by atoms with Gasteiger partial charge in [0.15, 0.2) is 0 Å². The molecule has 2 rings (SSSR count). The van der Waals surface area contributed by atoms with Crippen molar-refractivity contribution in [1.29, 1.82) is 0 Å². The van der Waals surface area contributed by atoms with E-state index in [9.17, 15) is 0 Å². The van der Waals surface area contributed by atoms with Crippen molar-refractivity contribution >= 4 is 0 Å². The quantitative estimate of drug-likeness (QED) is 0.830. The summed E-state index contributed by atoms with van der Waals surface area (Å²) in [4.78, 5) is 4.12. The Balaban J connectivity index is 2.02. The fourth-order valence-electron chi connectivity index (χ4n) is 1.73. The van der Waals surface area contributed by atoms with Gasteiger partial charge >= 0.3 is 0 Å². The first kappa shape index (κ1) is 10.9. The summed E-state index contributed by atoms with van der Waals surface area (Å²) < 4.78 is 3.90. The van der Waals surface area contributed by atoms with Gasteiger partial charge < -0.3 is 10.3 Å². The van der Waals surface area contributed by atoms with Crippen molar-refractivity contribution in [2.75, 3.05) is 0 Å². The van der Waals surface area contributed by atoms with Crippen LogP contribution in [0.15, 0.2) is 24.8 Å². The van der Waals surface area contributed by atoms with Crippen molar-refractivity contribution in [3.63, 3.8) is 0 Å². The molecule has 0 aliphatic rings. The fourth-order valence-corrected chi connectivity index (χ4v) is 1.73. The summed E-state index contributed by atoms with van der Waals surface area (Å²) in [7, 11) is 1.92. The number of rotatable bonds is 4. The van der Waals surface area contributed by atoms with Crippen LogP contribution in [0.5, 0.6) is 0 Å². The molecule has 0 aliphatic heterocycles. The van der Waals surface area contributed by atoms with E-state index in [0.717, 1.165) is 24.4 Å². The van der Waals surface area contributed by atoms with Crippen LogP contribution in [-0.4, -0.2) is 19.3 Å². The number of aromatic nitrogens is 4. The Morgan fingerprint density at radius 2 is 2.31 bits per heavy atom. The van der Waals surface area contributed by atoms with E-state index in [2.05, 4.69) is 14.6 Å². The summed E-state index contributed by atoms with van der Waals surface area (Å²) in [5, 5.41) is 4.34. The molecule has 0 spiro atoms. The Bertz CT molecular complexity index is 454. The first-order valence-electron chi connectivity index (χ1n) is 5.41.